The minimum absolute atomic E-state index is 0.0854. The molecule has 1 aromatic carbocycles. The summed E-state index contributed by atoms with van der Waals surface area (Å²) in [7, 11) is 0. The summed E-state index contributed by atoms with van der Waals surface area (Å²) in [6, 6.07) is 7.23. The Balaban J connectivity index is 2.23. The molecular weight excluding hydrogens is 299 g/mol. The fourth-order valence-electron chi connectivity index (χ4n) is 1.60. The van der Waals surface area contributed by atoms with Crippen LogP contribution >= 0.6 is 0 Å². The lowest BCUT2D eigenvalue weighted by Gasteiger charge is -2.11. The van der Waals surface area contributed by atoms with Gasteiger partial charge in [0.2, 0.25) is 5.91 Å². The van der Waals surface area contributed by atoms with Crippen molar-refractivity contribution in [3.8, 4) is 5.75 Å². The molecule has 124 valence electrons. The van der Waals surface area contributed by atoms with Crippen molar-refractivity contribution in [2.24, 2.45) is 0 Å². The van der Waals surface area contributed by atoms with Crippen molar-refractivity contribution in [3.05, 3.63) is 29.8 Å². The van der Waals surface area contributed by atoms with E-state index in [1.807, 2.05) is 26.0 Å². The van der Waals surface area contributed by atoms with Crippen molar-refractivity contribution in [1.29, 1.82) is 0 Å². The average Bonchev–Trinajstić information content (AvgIpc) is 2.41. The molecule has 0 fully saturated rings. The van der Waals surface area contributed by atoms with Gasteiger partial charge in [0.25, 0.3) is 0 Å². The topological polar surface area (TPSA) is 47.6 Å². The number of carbonyl (C=O) groups excluding carboxylic acids is 1. The third-order valence-electron chi connectivity index (χ3n) is 2.52. The van der Waals surface area contributed by atoms with E-state index in [-0.39, 0.29) is 25.0 Å². The number of benzene rings is 1. The molecule has 0 aliphatic rings. The lowest BCUT2D eigenvalue weighted by atomic mass is 10.2. The van der Waals surface area contributed by atoms with Gasteiger partial charge >= 0.3 is 6.18 Å². The molecule has 0 heterocycles. The molecule has 0 unspecified atom stereocenters. The van der Waals surface area contributed by atoms with Gasteiger partial charge in [-0.05, 0) is 31.5 Å². The lowest BCUT2D eigenvalue weighted by molar-refractivity contribution is -0.174. The molecule has 7 heteroatoms. The number of hydrogen-bond acceptors (Lipinski definition) is 3. The predicted octanol–water partition coefficient (Wildman–Crippen LogP) is 3.06. The first-order chi connectivity index (χ1) is 10.3. The Labute approximate surface area is 127 Å². The number of alkyl halides is 3. The van der Waals surface area contributed by atoms with E-state index in [1.165, 1.54) is 0 Å². The molecule has 1 amide bonds. The number of hydrogen-bond donors (Lipinski definition) is 1. The zero-order chi connectivity index (χ0) is 16.6. The van der Waals surface area contributed by atoms with Crippen molar-refractivity contribution in [2.45, 2.75) is 39.1 Å². The maximum absolute atomic E-state index is 11.8. The highest BCUT2D eigenvalue weighted by Crippen LogP contribution is 2.15. The third-order valence-corrected chi connectivity index (χ3v) is 2.52. The predicted molar refractivity (Wildman–Crippen MR) is 75.5 cm³/mol. The van der Waals surface area contributed by atoms with Crippen LogP contribution < -0.4 is 10.1 Å². The molecule has 0 aliphatic carbocycles. The number of amides is 1. The van der Waals surface area contributed by atoms with Gasteiger partial charge in [0, 0.05) is 13.0 Å². The number of carbonyl (C=O) groups is 1. The van der Waals surface area contributed by atoms with E-state index in [1.54, 1.807) is 12.1 Å². The van der Waals surface area contributed by atoms with E-state index in [4.69, 9.17) is 4.74 Å². The largest absolute Gasteiger partial charge is 0.491 e. The zero-order valence-electron chi connectivity index (χ0n) is 12.6. The van der Waals surface area contributed by atoms with Crippen LogP contribution in [0.1, 0.15) is 25.8 Å². The van der Waals surface area contributed by atoms with Gasteiger partial charge in [-0.2, -0.15) is 13.2 Å². The normalized spacial score (nSPS) is 11.5. The van der Waals surface area contributed by atoms with Crippen molar-refractivity contribution >= 4 is 5.91 Å². The van der Waals surface area contributed by atoms with Crippen LogP contribution in [0.5, 0.6) is 5.75 Å². The first-order valence-electron chi connectivity index (χ1n) is 6.93. The Morgan fingerprint density at radius 1 is 1.23 bits per heavy atom. The monoisotopic (exact) mass is 319 g/mol. The van der Waals surface area contributed by atoms with Crippen LogP contribution in [-0.4, -0.2) is 31.4 Å². The highest BCUT2D eigenvalue weighted by Gasteiger charge is 2.27. The molecule has 0 aromatic heterocycles. The van der Waals surface area contributed by atoms with E-state index in [9.17, 15) is 18.0 Å². The van der Waals surface area contributed by atoms with Crippen LogP contribution in [0.25, 0.3) is 0 Å². The van der Waals surface area contributed by atoms with Crippen molar-refractivity contribution < 1.29 is 27.4 Å². The second kappa shape index (κ2) is 8.63. The fourth-order valence-corrected chi connectivity index (χ4v) is 1.60. The van der Waals surface area contributed by atoms with Gasteiger partial charge in [0.05, 0.1) is 12.7 Å². The SMILES string of the molecule is CC(C)Oc1ccc(CNC(=O)CCOCC(F)(F)F)cc1. The minimum atomic E-state index is -4.36. The molecule has 0 aliphatic heterocycles. The van der Waals surface area contributed by atoms with Gasteiger partial charge in [-0.1, -0.05) is 12.1 Å². The quantitative estimate of drug-likeness (QED) is 0.749. The smallest absolute Gasteiger partial charge is 0.411 e. The number of halogens is 3. The summed E-state index contributed by atoms with van der Waals surface area (Å²) >= 11 is 0. The minimum Gasteiger partial charge on any atom is -0.491 e. The van der Waals surface area contributed by atoms with Gasteiger partial charge in [0.1, 0.15) is 12.4 Å². The van der Waals surface area contributed by atoms with Gasteiger partial charge in [0.15, 0.2) is 0 Å². The molecule has 0 bridgehead atoms. The van der Waals surface area contributed by atoms with E-state index in [0.29, 0.717) is 6.54 Å². The number of rotatable bonds is 8. The Kier molecular flexibility index (Phi) is 7.17. The maximum atomic E-state index is 11.8. The summed E-state index contributed by atoms with van der Waals surface area (Å²) in [6.07, 6.45) is -4.39. The summed E-state index contributed by atoms with van der Waals surface area (Å²) < 4.78 is 45.3. The second-order valence-electron chi connectivity index (χ2n) is 5.01. The second-order valence-corrected chi connectivity index (χ2v) is 5.01. The molecule has 0 atom stereocenters. The first kappa shape index (κ1) is 18.3. The molecule has 0 saturated heterocycles. The Morgan fingerprint density at radius 2 is 1.86 bits per heavy atom. The van der Waals surface area contributed by atoms with E-state index in [0.717, 1.165) is 11.3 Å². The van der Waals surface area contributed by atoms with Crippen LogP contribution in [-0.2, 0) is 16.1 Å². The van der Waals surface area contributed by atoms with Crippen molar-refractivity contribution in [2.75, 3.05) is 13.2 Å². The first-order valence-corrected chi connectivity index (χ1v) is 6.93. The summed E-state index contributed by atoms with van der Waals surface area (Å²) in [5.74, 6) is 0.385. The lowest BCUT2D eigenvalue weighted by Crippen LogP contribution is -2.25. The van der Waals surface area contributed by atoms with Crippen LogP contribution in [0.3, 0.4) is 0 Å². The highest BCUT2D eigenvalue weighted by atomic mass is 19.4. The van der Waals surface area contributed by atoms with E-state index >= 15 is 0 Å². The van der Waals surface area contributed by atoms with Gasteiger partial charge < -0.3 is 14.8 Å². The molecule has 4 nitrogen and oxygen atoms in total. The Morgan fingerprint density at radius 3 is 2.41 bits per heavy atom. The molecule has 1 aromatic rings. The zero-order valence-corrected chi connectivity index (χ0v) is 12.6. The van der Waals surface area contributed by atoms with Gasteiger partial charge in [-0.15, -0.1) is 0 Å². The molecule has 0 spiro atoms. The van der Waals surface area contributed by atoms with Crippen LogP contribution in [0.15, 0.2) is 24.3 Å². The van der Waals surface area contributed by atoms with E-state index < -0.39 is 12.8 Å². The number of nitrogens with one attached hydrogen (secondary N) is 1. The van der Waals surface area contributed by atoms with E-state index in [2.05, 4.69) is 10.1 Å². The number of ether oxygens (including phenoxy) is 2. The van der Waals surface area contributed by atoms with Gasteiger partial charge in [-0.3, -0.25) is 4.79 Å². The summed E-state index contributed by atoms with van der Waals surface area (Å²) in [6.45, 7) is 2.56. The fraction of sp³-hybridized carbons (Fsp3) is 0.533. The molecule has 1 N–H and O–H groups in total. The molecule has 0 radical (unpaired) electrons. The molecule has 0 saturated carbocycles. The summed E-state index contributed by atoms with van der Waals surface area (Å²) in [5, 5.41) is 2.62. The average molecular weight is 319 g/mol. The maximum Gasteiger partial charge on any atom is 0.411 e. The Bertz CT molecular complexity index is 458. The molecular formula is C15H20F3NO3. The Hall–Kier alpha value is -1.76. The van der Waals surface area contributed by atoms with Crippen molar-refractivity contribution in [1.82, 2.24) is 5.32 Å². The highest BCUT2D eigenvalue weighted by molar-refractivity contribution is 5.75. The summed E-state index contributed by atoms with van der Waals surface area (Å²) in [5.41, 5.74) is 0.876. The molecule has 22 heavy (non-hydrogen) atoms. The van der Waals surface area contributed by atoms with Gasteiger partial charge in [-0.25, -0.2) is 0 Å². The van der Waals surface area contributed by atoms with Crippen LogP contribution in [0, 0.1) is 0 Å². The third kappa shape index (κ3) is 8.51. The standard InChI is InChI=1S/C15H20F3NO3/c1-11(2)22-13-5-3-12(4-6-13)9-19-14(20)7-8-21-10-15(16,17)18/h3-6,11H,7-10H2,1-2H3,(H,19,20). The van der Waals surface area contributed by atoms with Crippen molar-refractivity contribution in [3.63, 3.8) is 0 Å². The molecule has 1 rings (SSSR count). The van der Waals surface area contributed by atoms with Crippen LogP contribution in [0.4, 0.5) is 13.2 Å². The van der Waals surface area contributed by atoms with Crippen LogP contribution in [0.2, 0.25) is 0 Å². The summed E-state index contributed by atoms with van der Waals surface area (Å²) in [4.78, 5) is 11.5.